The van der Waals surface area contributed by atoms with Crippen LogP contribution in [0.5, 0.6) is 0 Å². The van der Waals surface area contributed by atoms with E-state index in [-0.39, 0.29) is 5.70 Å². The summed E-state index contributed by atoms with van der Waals surface area (Å²) in [4.78, 5) is 13.5. The van der Waals surface area contributed by atoms with E-state index in [4.69, 9.17) is 5.73 Å². The predicted molar refractivity (Wildman–Crippen MR) is 40.8 cm³/mol. The zero-order chi connectivity index (χ0) is 8.27. The van der Waals surface area contributed by atoms with Crippen molar-refractivity contribution in [1.82, 2.24) is 0 Å². The molecule has 0 bridgehead atoms. The number of hydrogen-bond acceptors (Lipinski definition) is 4. The summed E-state index contributed by atoms with van der Waals surface area (Å²) in [7, 11) is 0. The number of rotatable bonds is 3. The van der Waals surface area contributed by atoms with E-state index in [9.17, 15) is 10.1 Å². The molecule has 60 valence electrons. The Morgan fingerprint density at radius 3 is 2.73 bits per heavy atom. The van der Waals surface area contributed by atoms with Gasteiger partial charge in [0.05, 0.1) is 17.2 Å². The molecule has 5 nitrogen and oxygen atoms in total. The Balaban J connectivity index is 2.49. The standard InChI is InChI=1S/C6H9N3O2/c7-3-6(9(10)11)4-8-5-1-2-5/h3-5H,1-2,7H2/b6-3+,8-4?. The molecule has 0 saturated heterocycles. The van der Waals surface area contributed by atoms with Gasteiger partial charge >= 0.3 is 5.70 Å². The second-order valence-corrected chi connectivity index (χ2v) is 2.36. The van der Waals surface area contributed by atoms with Crippen LogP contribution in [0.4, 0.5) is 0 Å². The van der Waals surface area contributed by atoms with Crippen molar-refractivity contribution in [3.63, 3.8) is 0 Å². The highest BCUT2D eigenvalue weighted by atomic mass is 16.6. The van der Waals surface area contributed by atoms with Gasteiger partial charge in [0.1, 0.15) is 6.21 Å². The summed E-state index contributed by atoms with van der Waals surface area (Å²) in [5, 5.41) is 10.1. The maximum atomic E-state index is 10.1. The first-order chi connectivity index (χ1) is 5.24. The number of aliphatic imine (C=N–C) groups is 1. The third-order valence-corrected chi connectivity index (χ3v) is 1.35. The van der Waals surface area contributed by atoms with E-state index >= 15 is 0 Å². The van der Waals surface area contributed by atoms with Crippen LogP contribution >= 0.6 is 0 Å². The zero-order valence-corrected chi connectivity index (χ0v) is 5.93. The van der Waals surface area contributed by atoms with Crippen molar-refractivity contribution < 1.29 is 4.92 Å². The van der Waals surface area contributed by atoms with Crippen LogP contribution in [0.2, 0.25) is 0 Å². The summed E-state index contributed by atoms with van der Waals surface area (Å²) in [6, 6.07) is 0.296. The molecule has 0 aliphatic heterocycles. The van der Waals surface area contributed by atoms with Crippen LogP contribution in [0.15, 0.2) is 16.9 Å². The maximum absolute atomic E-state index is 10.1. The highest BCUT2D eigenvalue weighted by Gasteiger charge is 2.20. The van der Waals surface area contributed by atoms with Crippen molar-refractivity contribution in [2.45, 2.75) is 18.9 Å². The Labute approximate surface area is 63.8 Å². The highest BCUT2D eigenvalue weighted by Crippen LogP contribution is 2.22. The Morgan fingerprint density at radius 1 is 1.73 bits per heavy atom. The number of nitrogens with two attached hydrogens (primary N) is 1. The number of hydrogen-bond donors (Lipinski definition) is 1. The van der Waals surface area contributed by atoms with Crippen LogP contribution in [0.25, 0.3) is 0 Å². The summed E-state index contributed by atoms with van der Waals surface area (Å²) >= 11 is 0. The van der Waals surface area contributed by atoms with Crippen LogP contribution in [0.3, 0.4) is 0 Å². The van der Waals surface area contributed by atoms with E-state index in [1.807, 2.05) is 0 Å². The summed E-state index contributed by atoms with van der Waals surface area (Å²) in [5.41, 5.74) is 4.84. The van der Waals surface area contributed by atoms with Crippen LogP contribution in [-0.4, -0.2) is 17.2 Å². The largest absolute Gasteiger partial charge is 0.399 e. The fourth-order valence-electron chi connectivity index (χ4n) is 0.556. The first-order valence-corrected chi connectivity index (χ1v) is 3.33. The Bertz CT molecular complexity index is 218. The minimum Gasteiger partial charge on any atom is -0.399 e. The lowest BCUT2D eigenvalue weighted by molar-refractivity contribution is -0.414. The van der Waals surface area contributed by atoms with Crippen molar-refractivity contribution in [2.75, 3.05) is 0 Å². The van der Waals surface area contributed by atoms with Gasteiger partial charge in [-0.1, -0.05) is 0 Å². The lowest BCUT2D eigenvalue weighted by Crippen LogP contribution is -2.03. The van der Waals surface area contributed by atoms with Gasteiger partial charge in [0, 0.05) is 0 Å². The second kappa shape index (κ2) is 3.14. The number of nitrogens with zero attached hydrogens (tertiary/aromatic N) is 2. The molecule has 0 heterocycles. The fourth-order valence-corrected chi connectivity index (χ4v) is 0.556. The van der Waals surface area contributed by atoms with Crippen LogP contribution in [-0.2, 0) is 0 Å². The van der Waals surface area contributed by atoms with Gasteiger partial charge in [-0.25, -0.2) is 0 Å². The Morgan fingerprint density at radius 2 is 2.36 bits per heavy atom. The quantitative estimate of drug-likeness (QED) is 0.361. The molecule has 11 heavy (non-hydrogen) atoms. The molecule has 1 rings (SSSR count). The van der Waals surface area contributed by atoms with E-state index < -0.39 is 4.92 Å². The topological polar surface area (TPSA) is 81.5 Å². The van der Waals surface area contributed by atoms with E-state index in [0.29, 0.717) is 6.04 Å². The molecule has 0 amide bonds. The van der Waals surface area contributed by atoms with Crippen molar-refractivity contribution in [3.05, 3.63) is 22.0 Å². The molecule has 1 saturated carbocycles. The number of allylic oxidation sites excluding steroid dienone is 1. The van der Waals surface area contributed by atoms with Crippen LogP contribution < -0.4 is 5.73 Å². The van der Waals surface area contributed by atoms with Gasteiger partial charge in [-0.2, -0.15) is 0 Å². The molecule has 0 atom stereocenters. The summed E-state index contributed by atoms with van der Waals surface area (Å²) in [6.07, 6.45) is 4.24. The molecule has 1 aliphatic rings. The first-order valence-electron chi connectivity index (χ1n) is 3.33. The molecule has 0 unspecified atom stereocenters. The SMILES string of the molecule is N/C=C(\C=NC1CC1)[N+](=O)[O-]. The smallest absolute Gasteiger partial charge is 0.302 e. The van der Waals surface area contributed by atoms with Crippen molar-refractivity contribution >= 4 is 6.21 Å². The predicted octanol–water partition coefficient (Wildman–Crippen LogP) is 0.296. The van der Waals surface area contributed by atoms with Crippen molar-refractivity contribution in [3.8, 4) is 0 Å². The third kappa shape index (κ3) is 2.37. The molecule has 0 aromatic carbocycles. The Hall–Kier alpha value is -1.39. The summed E-state index contributed by atoms with van der Waals surface area (Å²) in [5.74, 6) is 0. The number of nitro groups is 1. The molecule has 0 radical (unpaired) electrons. The monoisotopic (exact) mass is 155 g/mol. The van der Waals surface area contributed by atoms with E-state index in [2.05, 4.69) is 4.99 Å². The van der Waals surface area contributed by atoms with Gasteiger partial charge in [0.25, 0.3) is 0 Å². The van der Waals surface area contributed by atoms with Gasteiger partial charge < -0.3 is 5.73 Å². The molecule has 0 aromatic rings. The second-order valence-electron chi connectivity index (χ2n) is 2.36. The van der Waals surface area contributed by atoms with Gasteiger partial charge in [0.15, 0.2) is 0 Å². The molecular weight excluding hydrogens is 146 g/mol. The van der Waals surface area contributed by atoms with Crippen molar-refractivity contribution in [1.29, 1.82) is 0 Å². The lowest BCUT2D eigenvalue weighted by Gasteiger charge is -1.86. The Kier molecular flexibility index (Phi) is 2.20. The lowest BCUT2D eigenvalue weighted by atomic mass is 10.5. The first kappa shape index (κ1) is 7.71. The molecule has 1 fully saturated rings. The van der Waals surface area contributed by atoms with E-state index in [0.717, 1.165) is 19.0 Å². The summed E-state index contributed by atoms with van der Waals surface area (Å²) < 4.78 is 0. The van der Waals surface area contributed by atoms with Crippen LogP contribution in [0, 0.1) is 10.1 Å². The average Bonchev–Trinajstić information content (AvgIpc) is 2.72. The molecule has 0 aromatic heterocycles. The average molecular weight is 155 g/mol. The summed E-state index contributed by atoms with van der Waals surface area (Å²) in [6.45, 7) is 0. The van der Waals surface area contributed by atoms with Crippen LogP contribution in [0.1, 0.15) is 12.8 Å². The third-order valence-electron chi connectivity index (χ3n) is 1.35. The fraction of sp³-hybridized carbons (Fsp3) is 0.500. The molecule has 5 heteroatoms. The molecule has 0 spiro atoms. The molecular formula is C6H9N3O2. The van der Waals surface area contributed by atoms with Gasteiger partial charge in [-0.05, 0) is 12.8 Å². The van der Waals surface area contributed by atoms with Gasteiger partial charge in [-0.3, -0.25) is 15.1 Å². The van der Waals surface area contributed by atoms with E-state index in [1.54, 1.807) is 0 Å². The molecule has 1 aliphatic carbocycles. The normalized spacial score (nSPS) is 19.1. The highest BCUT2D eigenvalue weighted by molar-refractivity contribution is 5.75. The van der Waals surface area contributed by atoms with Gasteiger partial charge in [-0.15, -0.1) is 0 Å². The van der Waals surface area contributed by atoms with Gasteiger partial charge in [0.2, 0.25) is 0 Å². The molecule has 2 N–H and O–H groups in total. The minimum absolute atomic E-state index is 0.142. The maximum Gasteiger partial charge on any atom is 0.302 e. The minimum atomic E-state index is -0.550. The van der Waals surface area contributed by atoms with E-state index in [1.165, 1.54) is 6.21 Å². The van der Waals surface area contributed by atoms with Crippen molar-refractivity contribution in [2.24, 2.45) is 10.7 Å². The zero-order valence-electron chi connectivity index (χ0n) is 5.93.